The second kappa shape index (κ2) is 4.01. The number of esters is 1. The first-order chi connectivity index (χ1) is 8.02. The topological polar surface area (TPSA) is 63.6 Å². The molecule has 1 atom stereocenters. The predicted molar refractivity (Wildman–Crippen MR) is 55.6 cm³/mol. The van der Waals surface area contributed by atoms with Crippen LogP contribution in [0.2, 0.25) is 0 Å². The predicted octanol–water partition coefficient (Wildman–Crippen LogP) is 1.82. The number of hydrogen-bond acceptors (Lipinski definition) is 4. The zero-order valence-electron chi connectivity index (χ0n) is 8.94. The van der Waals surface area contributed by atoms with Gasteiger partial charge in [-0.25, -0.2) is 9.18 Å². The van der Waals surface area contributed by atoms with E-state index in [-0.39, 0.29) is 11.1 Å². The molecule has 0 saturated carbocycles. The highest BCUT2D eigenvalue weighted by molar-refractivity contribution is 6.05. The normalized spacial score (nSPS) is 19.4. The van der Waals surface area contributed by atoms with Gasteiger partial charge in [-0.15, -0.1) is 0 Å². The fourth-order valence-electron chi connectivity index (χ4n) is 1.71. The van der Waals surface area contributed by atoms with Crippen LogP contribution in [0.25, 0.3) is 0 Å². The molecule has 17 heavy (non-hydrogen) atoms. The van der Waals surface area contributed by atoms with Gasteiger partial charge in [0.05, 0.1) is 5.57 Å². The van der Waals surface area contributed by atoms with E-state index in [1.165, 1.54) is 25.1 Å². The van der Waals surface area contributed by atoms with Gasteiger partial charge in [0, 0.05) is 5.56 Å². The summed E-state index contributed by atoms with van der Waals surface area (Å²) in [6.07, 6.45) is -1.17. The van der Waals surface area contributed by atoms with E-state index in [1.54, 1.807) is 6.07 Å². The summed E-state index contributed by atoms with van der Waals surface area (Å²) in [5.41, 5.74) is -0.157. The number of Topliss-reactive ketones (excluding diaryl/α,β-unsaturated/α-hetero) is 1. The number of ether oxygens (including phenoxy) is 1. The van der Waals surface area contributed by atoms with Crippen LogP contribution in [-0.2, 0) is 14.3 Å². The van der Waals surface area contributed by atoms with Crippen molar-refractivity contribution in [1.82, 2.24) is 0 Å². The highest BCUT2D eigenvalue weighted by atomic mass is 19.1. The van der Waals surface area contributed by atoms with Crippen LogP contribution in [0.5, 0.6) is 0 Å². The molecule has 0 unspecified atom stereocenters. The van der Waals surface area contributed by atoms with E-state index < -0.39 is 29.4 Å². The maximum Gasteiger partial charge on any atom is 0.374 e. The van der Waals surface area contributed by atoms with Crippen LogP contribution in [0.15, 0.2) is 35.6 Å². The molecular formula is C12H9FO4. The standard InChI is InChI=1S/C12H9FO4/c1-6(14)9-10(15)12(16)17-11(9)7-4-2-3-5-8(7)13/h2-5,11,15H,1H3/t11-/m1/s1. The lowest BCUT2D eigenvalue weighted by molar-refractivity contribution is -0.142. The Balaban J connectivity index is 2.52. The molecular weight excluding hydrogens is 227 g/mol. The van der Waals surface area contributed by atoms with Crippen molar-refractivity contribution < 1.29 is 23.8 Å². The molecule has 1 heterocycles. The molecule has 4 nitrogen and oxygen atoms in total. The van der Waals surface area contributed by atoms with E-state index in [1.807, 2.05) is 0 Å². The average Bonchev–Trinajstić information content (AvgIpc) is 2.56. The summed E-state index contributed by atoms with van der Waals surface area (Å²) in [4.78, 5) is 22.5. The third kappa shape index (κ3) is 1.80. The summed E-state index contributed by atoms with van der Waals surface area (Å²) >= 11 is 0. The summed E-state index contributed by atoms with van der Waals surface area (Å²) in [7, 11) is 0. The highest BCUT2D eigenvalue weighted by Gasteiger charge is 2.38. The highest BCUT2D eigenvalue weighted by Crippen LogP contribution is 2.35. The summed E-state index contributed by atoms with van der Waals surface area (Å²) in [6.45, 7) is 1.18. The van der Waals surface area contributed by atoms with Gasteiger partial charge in [0.15, 0.2) is 11.9 Å². The first-order valence-electron chi connectivity index (χ1n) is 4.92. The first-order valence-corrected chi connectivity index (χ1v) is 4.92. The molecule has 0 fully saturated rings. The summed E-state index contributed by atoms with van der Waals surface area (Å²) in [5.74, 6) is -2.88. The van der Waals surface area contributed by atoms with Crippen molar-refractivity contribution in [1.29, 1.82) is 0 Å². The lowest BCUT2D eigenvalue weighted by Gasteiger charge is -2.12. The molecule has 0 spiro atoms. The lowest BCUT2D eigenvalue weighted by Crippen LogP contribution is -2.09. The number of aliphatic hydroxyl groups excluding tert-OH is 1. The van der Waals surface area contributed by atoms with E-state index in [0.29, 0.717) is 0 Å². The maximum absolute atomic E-state index is 13.5. The lowest BCUT2D eigenvalue weighted by atomic mass is 9.99. The van der Waals surface area contributed by atoms with E-state index in [0.717, 1.165) is 0 Å². The Morgan fingerprint density at radius 3 is 2.65 bits per heavy atom. The van der Waals surface area contributed by atoms with Gasteiger partial charge < -0.3 is 9.84 Å². The largest absolute Gasteiger partial charge is 0.501 e. The van der Waals surface area contributed by atoms with Crippen molar-refractivity contribution in [2.75, 3.05) is 0 Å². The van der Waals surface area contributed by atoms with Crippen LogP contribution in [0.3, 0.4) is 0 Å². The molecule has 2 rings (SSSR count). The number of hydrogen-bond donors (Lipinski definition) is 1. The number of benzene rings is 1. The molecule has 0 bridgehead atoms. The van der Waals surface area contributed by atoms with Gasteiger partial charge in [0.25, 0.3) is 0 Å². The minimum Gasteiger partial charge on any atom is -0.501 e. The van der Waals surface area contributed by atoms with Gasteiger partial charge in [0.2, 0.25) is 5.76 Å². The summed E-state index contributed by atoms with van der Waals surface area (Å²) in [6, 6.07) is 5.62. The van der Waals surface area contributed by atoms with Crippen molar-refractivity contribution in [2.24, 2.45) is 0 Å². The van der Waals surface area contributed by atoms with Gasteiger partial charge in [0.1, 0.15) is 5.82 Å². The Labute approximate surface area is 96.3 Å². The quantitative estimate of drug-likeness (QED) is 0.795. The number of ketones is 1. The van der Waals surface area contributed by atoms with Gasteiger partial charge in [-0.2, -0.15) is 0 Å². The molecule has 0 saturated heterocycles. The van der Waals surface area contributed by atoms with Crippen molar-refractivity contribution in [2.45, 2.75) is 13.0 Å². The fraction of sp³-hybridized carbons (Fsp3) is 0.167. The number of cyclic esters (lactones) is 1. The number of rotatable bonds is 2. The second-order valence-corrected chi connectivity index (χ2v) is 3.63. The Morgan fingerprint density at radius 1 is 1.41 bits per heavy atom. The molecule has 0 radical (unpaired) electrons. The summed E-state index contributed by atoms with van der Waals surface area (Å²) in [5, 5.41) is 9.41. The third-order valence-electron chi connectivity index (χ3n) is 2.50. The minimum absolute atomic E-state index is 0.0510. The van der Waals surface area contributed by atoms with Crippen LogP contribution < -0.4 is 0 Å². The summed E-state index contributed by atoms with van der Waals surface area (Å²) < 4.78 is 18.3. The van der Waals surface area contributed by atoms with E-state index in [9.17, 15) is 19.1 Å². The minimum atomic E-state index is -1.17. The van der Waals surface area contributed by atoms with Gasteiger partial charge >= 0.3 is 5.97 Å². The zero-order chi connectivity index (χ0) is 12.6. The zero-order valence-corrected chi connectivity index (χ0v) is 8.94. The Bertz CT molecular complexity index is 533. The van der Waals surface area contributed by atoms with E-state index in [4.69, 9.17) is 4.74 Å². The van der Waals surface area contributed by atoms with Crippen LogP contribution in [-0.4, -0.2) is 16.9 Å². The molecule has 1 aromatic carbocycles. The van der Waals surface area contributed by atoms with Crippen molar-refractivity contribution in [3.8, 4) is 0 Å². The number of carbonyl (C=O) groups excluding carboxylic acids is 2. The molecule has 88 valence electrons. The molecule has 1 aliphatic rings. The monoisotopic (exact) mass is 236 g/mol. The SMILES string of the molecule is CC(=O)C1=C(O)C(=O)O[C@@H]1c1ccccc1F. The molecule has 5 heteroatoms. The molecule has 1 N–H and O–H groups in total. The maximum atomic E-state index is 13.5. The van der Waals surface area contributed by atoms with Crippen LogP contribution >= 0.6 is 0 Å². The fourth-order valence-corrected chi connectivity index (χ4v) is 1.71. The average molecular weight is 236 g/mol. The smallest absolute Gasteiger partial charge is 0.374 e. The number of halogens is 1. The molecule has 1 aromatic rings. The van der Waals surface area contributed by atoms with Gasteiger partial charge in [-0.1, -0.05) is 18.2 Å². The van der Waals surface area contributed by atoms with Crippen LogP contribution in [0, 0.1) is 5.82 Å². The van der Waals surface area contributed by atoms with E-state index >= 15 is 0 Å². The van der Waals surface area contributed by atoms with Crippen molar-refractivity contribution in [3.63, 3.8) is 0 Å². The molecule has 0 aromatic heterocycles. The van der Waals surface area contributed by atoms with Gasteiger partial charge in [-0.3, -0.25) is 4.79 Å². The third-order valence-corrected chi connectivity index (χ3v) is 2.50. The van der Waals surface area contributed by atoms with E-state index in [2.05, 4.69) is 0 Å². The number of carbonyl (C=O) groups is 2. The Morgan fingerprint density at radius 2 is 2.06 bits per heavy atom. The van der Waals surface area contributed by atoms with Crippen molar-refractivity contribution in [3.05, 3.63) is 47.0 Å². The Kier molecular flexibility index (Phi) is 2.67. The van der Waals surface area contributed by atoms with Crippen molar-refractivity contribution >= 4 is 11.8 Å². The van der Waals surface area contributed by atoms with Crippen LogP contribution in [0.4, 0.5) is 4.39 Å². The molecule has 0 amide bonds. The van der Waals surface area contributed by atoms with Gasteiger partial charge in [-0.05, 0) is 13.0 Å². The molecule has 1 aliphatic heterocycles. The van der Waals surface area contributed by atoms with Crippen LogP contribution in [0.1, 0.15) is 18.6 Å². The molecule has 0 aliphatic carbocycles. The number of aliphatic hydroxyl groups is 1. The Hall–Kier alpha value is -2.17. The first kappa shape index (κ1) is 11.3. The second-order valence-electron chi connectivity index (χ2n) is 3.63.